The quantitative estimate of drug-likeness (QED) is 0.595. The number of benzene rings is 1. The molecule has 2 heterocycles. The number of rotatable bonds is 6. The molecule has 27 heavy (non-hydrogen) atoms. The van der Waals surface area contributed by atoms with Crippen LogP contribution in [0.25, 0.3) is 22.4 Å². The molecule has 1 aliphatic carbocycles. The number of nitrogens with one attached hydrogen (secondary N) is 3. The first kappa shape index (κ1) is 17.4. The summed E-state index contributed by atoms with van der Waals surface area (Å²) in [5.41, 5.74) is 2.84. The predicted molar refractivity (Wildman–Crippen MR) is 102 cm³/mol. The summed E-state index contributed by atoms with van der Waals surface area (Å²) < 4.78 is 25.9. The van der Waals surface area contributed by atoms with Gasteiger partial charge >= 0.3 is 0 Å². The summed E-state index contributed by atoms with van der Waals surface area (Å²) in [5, 5.41) is 2.75. The molecule has 1 amide bonds. The Kier molecular flexibility index (Phi) is 4.27. The van der Waals surface area contributed by atoms with Crippen molar-refractivity contribution in [2.45, 2.75) is 19.8 Å². The molecule has 0 radical (unpaired) electrons. The number of imidazole rings is 1. The van der Waals surface area contributed by atoms with Crippen molar-refractivity contribution < 1.29 is 13.2 Å². The Morgan fingerprint density at radius 3 is 2.63 bits per heavy atom. The SMILES string of the molecule is CCS(=O)(=O)Nc1ccc(-c2nc(NC(=O)C3CC3)nc3[nH]cnc23)cc1. The average Bonchev–Trinajstić information content (AvgIpc) is 3.40. The second-order valence-electron chi connectivity index (χ2n) is 6.34. The van der Waals surface area contributed by atoms with Gasteiger partial charge in [-0.1, -0.05) is 12.1 Å². The van der Waals surface area contributed by atoms with E-state index in [-0.39, 0.29) is 23.5 Å². The van der Waals surface area contributed by atoms with Gasteiger partial charge < -0.3 is 4.98 Å². The van der Waals surface area contributed by atoms with E-state index < -0.39 is 10.0 Å². The molecule has 0 spiro atoms. The van der Waals surface area contributed by atoms with Crippen molar-refractivity contribution >= 4 is 38.7 Å². The molecular weight excluding hydrogens is 368 g/mol. The molecular formula is C17H18N6O3S. The van der Waals surface area contributed by atoms with Gasteiger partial charge in [0.05, 0.1) is 12.1 Å². The molecule has 10 heteroatoms. The van der Waals surface area contributed by atoms with Crippen LogP contribution in [0.4, 0.5) is 11.6 Å². The van der Waals surface area contributed by atoms with E-state index in [4.69, 9.17) is 0 Å². The Hall–Kier alpha value is -3.01. The van der Waals surface area contributed by atoms with Crippen LogP contribution < -0.4 is 10.0 Å². The number of nitrogens with zero attached hydrogens (tertiary/aromatic N) is 3. The lowest BCUT2D eigenvalue weighted by Crippen LogP contribution is -2.16. The molecule has 9 nitrogen and oxygen atoms in total. The molecule has 1 aliphatic rings. The van der Waals surface area contributed by atoms with Crippen LogP contribution in [0.2, 0.25) is 0 Å². The molecule has 4 rings (SSSR count). The Morgan fingerprint density at radius 2 is 1.96 bits per heavy atom. The lowest BCUT2D eigenvalue weighted by Gasteiger charge is -2.09. The highest BCUT2D eigenvalue weighted by Gasteiger charge is 2.30. The zero-order valence-corrected chi connectivity index (χ0v) is 15.4. The van der Waals surface area contributed by atoms with Crippen molar-refractivity contribution in [2.24, 2.45) is 5.92 Å². The van der Waals surface area contributed by atoms with E-state index in [2.05, 4.69) is 30.0 Å². The third-order valence-electron chi connectivity index (χ3n) is 4.27. The van der Waals surface area contributed by atoms with E-state index in [1.165, 1.54) is 6.33 Å². The smallest absolute Gasteiger partial charge is 0.232 e. The molecule has 0 bridgehead atoms. The number of carbonyl (C=O) groups excluding carboxylic acids is 1. The standard InChI is InChI=1S/C17H18N6O3S/c1-2-27(25,26)23-12-7-5-10(6-8-12)13-14-15(19-9-18-14)21-17(20-13)22-16(24)11-3-4-11/h5-9,11,23H,2-4H2,1H3,(H2,18,19,20,21,22,24). The molecule has 3 N–H and O–H groups in total. The lowest BCUT2D eigenvalue weighted by molar-refractivity contribution is -0.117. The monoisotopic (exact) mass is 386 g/mol. The fourth-order valence-corrected chi connectivity index (χ4v) is 3.24. The second kappa shape index (κ2) is 6.62. The lowest BCUT2D eigenvalue weighted by atomic mass is 10.1. The van der Waals surface area contributed by atoms with Crippen molar-refractivity contribution in [3.05, 3.63) is 30.6 Å². The molecule has 1 saturated carbocycles. The number of hydrogen-bond acceptors (Lipinski definition) is 6. The number of fused-ring (bicyclic) bond motifs is 1. The number of aromatic amines is 1. The van der Waals surface area contributed by atoms with Gasteiger partial charge in [-0.15, -0.1) is 0 Å². The Morgan fingerprint density at radius 1 is 1.22 bits per heavy atom. The second-order valence-corrected chi connectivity index (χ2v) is 8.35. The molecule has 0 aliphatic heterocycles. The first-order chi connectivity index (χ1) is 12.9. The van der Waals surface area contributed by atoms with Crippen molar-refractivity contribution in [3.8, 4) is 11.3 Å². The minimum atomic E-state index is -3.34. The molecule has 140 valence electrons. The van der Waals surface area contributed by atoms with Crippen molar-refractivity contribution in [2.75, 3.05) is 15.8 Å². The van der Waals surface area contributed by atoms with Crippen molar-refractivity contribution in [3.63, 3.8) is 0 Å². The van der Waals surface area contributed by atoms with Crippen LogP contribution in [-0.2, 0) is 14.8 Å². The molecule has 0 unspecified atom stereocenters. The van der Waals surface area contributed by atoms with Gasteiger partial charge in [-0.05, 0) is 31.9 Å². The number of aromatic nitrogens is 4. The zero-order valence-electron chi connectivity index (χ0n) is 14.6. The summed E-state index contributed by atoms with van der Waals surface area (Å²) in [6, 6.07) is 6.81. The van der Waals surface area contributed by atoms with Crippen LogP contribution >= 0.6 is 0 Å². The minimum absolute atomic E-state index is 0.00138. The Balaban J connectivity index is 1.67. The molecule has 1 aromatic carbocycles. The number of H-pyrrole nitrogens is 1. The van der Waals surface area contributed by atoms with Gasteiger partial charge in [-0.2, -0.15) is 4.98 Å². The van der Waals surface area contributed by atoms with E-state index in [9.17, 15) is 13.2 Å². The van der Waals surface area contributed by atoms with E-state index in [1.807, 2.05) is 0 Å². The third-order valence-corrected chi connectivity index (χ3v) is 5.58. The van der Waals surface area contributed by atoms with Crippen LogP contribution in [0.5, 0.6) is 0 Å². The van der Waals surface area contributed by atoms with Gasteiger partial charge in [0.2, 0.25) is 21.9 Å². The average molecular weight is 386 g/mol. The maximum Gasteiger partial charge on any atom is 0.232 e. The maximum absolute atomic E-state index is 12.0. The van der Waals surface area contributed by atoms with Crippen LogP contribution in [-0.4, -0.2) is 40.0 Å². The normalized spacial score (nSPS) is 14.3. The Labute approximate surface area is 155 Å². The number of carbonyl (C=O) groups is 1. The van der Waals surface area contributed by atoms with Crippen LogP contribution in [0.1, 0.15) is 19.8 Å². The first-order valence-electron chi connectivity index (χ1n) is 8.58. The summed E-state index contributed by atoms with van der Waals surface area (Å²) >= 11 is 0. The fourth-order valence-electron chi connectivity index (χ4n) is 2.60. The maximum atomic E-state index is 12.0. The largest absolute Gasteiger partial charge is 0.329 e. The highest BCUT2D eigenvalue weighted by atomic mass is 32.2. The molecule has 1 fully saturated rings. The highest BCUT2D eigenvalue weighted by molar-refractivity contribution is 7.92. The number of amides is 1. The third kappa shape index (κ3) is 3.75. The van der Waals surface area contributed by atoms with Crippen molar-refractivity contribution in [1.82, 2.24) is 19.9 Å². The van der Waals surface area contributed by atoms with Crippen LogP contribution in [0.15, 0.2) is 30.6 Å². The number of hydrogen-bond donors (Lipinski definition) is 3. The molecule has 0 saturated heterocycles. The molecule has 0 atom stereocenters. The first-order valence-corrected chi connectivity index (χ1v) is 10.2. The summed E-state index contributed by atoms with van der Waals surface area (Å²) in [5.74, 6) is 0.178. The van der Waals surface area contributed by atoms with E-state index >= 15 is 0 Å². The molecule has 3 aromatic rings. The highest BCUT2D eigenvalue weighted by Crippen LogP contribution is 2.31. The number of sulfonamides is 1. The van der Waals surface area contributed by atoms with E-state index in [0.717, 1.165) is 18.4 Å². The van der Waals surface area contributed by atoms with Gasteiger partial charge in [0.15, 0.2) is 5.65 Å². The fraction of sp³-hybridized carbons (Fsp3) is 0.294. The summed E-state index contributed by atoms with van der Waals surface area (Å²) in [6.45, 7) is 1.57. The van der Waals surface area contributed by atoms with Gasteiger partial charge in [0.1, 0.15) is 11.2 Å². The number of anilines is 2. The topological polar surface area (TPSA) is 130 Å². The van der Waals surface area contributed by atoms with Crippen molar-refractivity contribution in [1.29, 1.82) is 0 Å². The summed E-state index contributed by atoms with van der Waals surface area (Å²) in [4.78, 5) is 28.0. The predicted octanol–water partition coefficient (Wildman–Crippen LogP) is 2.13. The zero-order chi connectivity index (χ0) is 19.0. The van der Waals surface area contributed by atoms with Gasteiger partial charge in [-0.3, -0.25) is 14.8 Å². The van der Waals surface area contributed by atoms with Gasteiger partial charge in [-0.25, -0.2) is 18.4 Å². The van der Waals surface area contributed by atoms with E-state index in [1.54, 1.807) is 31.2 Å². The van der Waals surface area contributed by atoms with Gasteiger partial charge in [0.25, 0.3) is 0 Å². The van der Waals surface area contributed by atoms with Gasteiger partial charge in [0, 0.05) is 17.2 Å². The van der Waals surface area contributed by atoms with Crippen LogP contribution in [0, 0.1) is 5.92 Å². The van der Waals surface area contributed by atoms with E-state index in [0.29, 0.717) is 22.5 Å². The minimum Gasteiger partial charge on any atom is -0.329 e. The summed E-state index contributed by atoms with van der Waals surface area (Å²) in [7, 11) is -3.34. The Bertz CT molecular complexity index is 1100. The summed E-state index contributed by atoms with van der Waals surface area (Å²) in [6.07, 6.45) is 3.29. The van der Waals surface area contributed by atoms with Crippen LogP contribution in [0.3, 0.4) is 0 Å². The molecule has 2 aromatic heterocycles.